The molecule has 0 saturated carbocycles. The topological polar surface area (TPSA) is 213 Å². The molecule has 0 bridgehead atoms. The van der Waals surface area contributed by atoms with Crippen LogP contribution in [0.25, 0.3) is 11.3 Å². The monoisotopic (exact) mass is 741 g/mol. The molecule has 4 rings (SSSR count). The van der Waals surface area contributed by atoms with Gasteiger partial charge in [0.2, 0.25) is 5.91 Å². The highest BCUT2D eigenvalue weighted by molar-refractivity contribution is 5.97. The molecule has 0 fully saturated rings. The van der Waals surface area contributed by atoms with Crippen molar-refractivity contribution < 1.29 is 28.9 Å². The third-order valence-corrected chi connectivity index (χ3v) is 7.98. The Morgan fingerprint density at radius 1 is 0.944 bits per heavy atom. The summed E-state index contributed by atoms with van der Waals surface area (Å²) in [7, 11) is 2.91. The Balaban J connectivity index is 1.50. The van der Waals surface area contributed by atoms with E-state index >= 15 is 0 Å². The summed E-state index contributed by atoms with van der Waals surface area (Å²) >= 11 is 0. The number of H-pyrrole nitrogens is 1. The summed E-state index contributed by atoms with van der Waals surface area (Å²) < 4.78 is 0. The molecule has 1 atom stereocenters. The number of aromatic nitrogens is 2. The van der Waals surface area contributed by atoms with Crippen molar-refractivity contribution in [2.75, 3.05) is 30.4 Å². The predicted octanol–water partition coefficient (Wildman–Crippen LogP) is 4.49. The third-order valence-electron chi connectivity index (χ3n) is 7.98. The summed E-state index contributed by atoms with van der Waals surface area (Å²) in [5.74, 6) is -0.691. The van der Waals surface area contributed by atoms with Crippen LogP contribution in [0.3, 0.4) is 0 Å². The van der Waals surface area contributed by atoms with Crippen LogP contribution in [0.15, 0.2) is 77.6 Å². The third kappa shape index (κ3) is 11.5. The second kappa shape index (κ2) is 18.8. The van der Waals surface area contributed by atoms with Crippen LogP contribution in [0, 0.1) is 0 Å². The lowest BCUT2D eigenvalue weighted by Crippen LogP contribution is -2.38. The van der Waals surface area contributed by atoms with E-state index in [1.165, 1.54) is 18.0 Å². The number of hydrogen-bond donors (Lipinski definition) is 6. The Kier molecular flexibility index (Phi) is 14.0. The van der Waals surface area contributed by atoms with Crippen molar-refractivity contribution in [1.82, 2.24) is 30.8 Å². The van der Waals surface area contributed by atoms with E-state index in [1.54, 1.807) is 43.4 Å². The second-order valence-electron chi connectivity index (χ2n) is 12.9. The van der Waals surface area contributed by atoms with Gasteiger partial charge in [-0.1, -0.05) is 49.4 Å². The fraction of sp³-hybridized carbons (Fsp3) is 0.316. The molecule has 0 saturated heterocycles. The van der Waals surface area contributed by atoms with E-state index in [0.29, 0.717) is 27.6 Å². The van der Waals surface area contributed by atoms with Crippen molar-refractivity contribution >= 4 is 41.2 Å². The summed E-state index contributed by atoms with van der Waals surface area (Å²) in [6.45, 7) is 7.91. The molecule has 286 valence electrons. The van der Waals surface area contributed by atoms with Crippen LogP contribution < -0.4 is 37.8 Å². The van der Waals surface area contributed by atoms with E-state index in [1.807, 2.05) is 58.0 Å². The molecule has 7 N–H and O–H groups in total. The Hall–Kier alpha value is -6.58. The van der Waals surface area contributed by atoms with E-state index in [-0.39, 0.29) is 60.4 Å². The average Bonchev–Trinajstić information content (AvgIpc) is 3.14. The quantitative estimate of drug-likeness (QED) is 0.0738. The van der Waals surface area contributed by atoms with Crippen LogP contribution in [0.5, 0.6) is 0 Å². The molecule has 0 radical (unpaired) electrons. The minimum absolute atomic E-state index is 0.0428. The lowest BCUT2D eigenvalue weighted by atomic mass is 10.0. The first kappa shape index (κ1) is 40.2. The number of carbonyl (C=O) groups excluding carboxylic acids is 4. The molecule has 0 spiro atoms. The number of nitrogens with zero attached hydrogens (tertiary/aromatic N) is 3. The van der Waals surface area contributed by atoms with Crippen molar-refractivity contribution in [1.29, 1.82) is 0 Å². The van der Waals surface area contributed by atoms with Gasteiger partial charge in [-0.2, -0.15) is 0 Å². The van der Waals surface area contributed by atoms with Crippen LogP contribution in [-0.4, -0.2) is 65.0 Å². The highest BCUT2D eigenvalue weighted by Crippen LogP contribution is 2.25. The van der Waals surface area contributed by atoms with Gasteiger partial charge in [0.25, 0.3) is 11.5 Å². The fourth-order valence-corrected chi connectivity index (χ4v) is 5.02. The highest BCUT2D eigenvalue weighted by atomic mass is 17.0. The number of nitrogen functional groups attached to an aromatic ring is 1. The molecule has 4 aromatic rings. The Morgan fingerprint density at radius 3 is 2.30 bits per heavy atom. The second-order valence-corrected chi connectivity index (χ2v) is 12.9. The summed E-state index contributed by atoms with van der Waals surface area (Å²) in [5, 5.41) is 11.8. The highest BCUT2D eigenvalue weighted by Gasteiger charge is 2.22. The first-order chi connectivity index (χ1) is 25.8. The standard InChI is InChI=1S/C38H47N9O7/c1-7-24(4)43-35(49)28-17-27(18-29(39)19-28)33-31(44-34(36(50)45-33)42-23(2)3)20-32(48)41-21-25-13-15-30(16-14-25)47(53-37(51)40-5)54-38(52)46(6)22-26-11-9-8-10-12-26/h8-19,23-24H,7,20-22,39H2,1-6H3,(H,40,51)(H,41,48)(H,42,44)(H,43,49)(H,45,50)/t24-/m1/s1. The van der Waals surface area contributed by atoms with Gasteiger partial charge in [-0.3, -0.25) is 24.1 Å². The number of benzene rings is 3. The number of rotatable bonds is 15. The Bertz CT molecular complexity index is 1990. The number of nitrogens with one attached hydrogen (secondary N) is 5. The van der Waals surface area contributed by atoms with Crippen LogP contribution >= 0.6 is 0 Å². The van der Waals surface area contributed by atoms with Crippen molar-refractivity contribution in [2.45, 2.75) is 65.7 Å². The molecule has 16 nitrogen and oxygen atoms in total. The number of amides is 4. The minimum Gasteiger partial charge on any atom is -0.399 e. The van der Waals surface area contributed by atoms with Gasteiger partial charge in [0.1, 0.15) is 5.69 Å². The number of carbonyl (C=O) groups is 4. The largest absolute Gasteiger partial charge is 0.436 e. The molecule has 0 aliphatic heterocycles. The van der Waals surface area contributed by atoms with E-state index in [0.717, 1.165) is 12.0 Å². The molecule has 54 heavy (non-hydrogen) atoms. The van der Waals surface area contributed by atoms with Crippen LogP contribution in [0.1, 0.15) is 61.3 Å². The van der Waals surface area contributed by atoms with Gasteiger partial charge in [-0.05, 0) is 73.9 Å². The molecule has 3 aromatic carbocycles. The molecule has 16 heteroatoms. The van der Waals surface area contributed by atoms with Crippen molar-refractivity contribution in [2.24, 2.45) is 0 Å². The zero-order chi connectivity index (χ0) is 39.4. The first-order valence-corrected chi connectivity index (χ1v) is 17.4. The number of nitrogens with two attached hydrogens (primary N) is 1. The van der Waals surface area contributed by atoms with Crippen molar-refractivity contribution in [3.63, 3.8) is 0 Å². The minimum atomic E-state index is -0.865. The lowest BCUT2D eigenvalue weighted by molar-refractivity contribution is -0.120. The number of hydrogen-bond acceptors (Lipinski definition) is 11. The van der Waals surface area contributed by atoms with E-state index in [4.69, 9.17) is 15.4 Å². The zero-order valence-corrected chi connectivity index (χ0v) is 31.2. The van der Waals surface area contributed by atoms with Crippen molar-refractivity contribution in [3.05, 3.63) is 106 Å². The normalized spacial score (nSPS) is 11.2. The van der Waals surface area contributed by atoms with E-state index in [2.05, 4.69) is 31.2 Å². The fourth-order valence-electron chi connectivity index (χ4n) is 5.02. The Labute approximate surface area is 313 Å². The van der Waals surface area contributed by atoms with Gasteiger partial charge in [-0.15, -0.1) is 0 Å². The Morgan fingerprint density at radius 2 is 1.65 bits per heavy atom. The maximum Gasteiger partial charge on any atom is 0.436 e. The molecule has 4 amide bonds. The van der Waals surface area contributed by atoms with Crippen LogP contribution in [0.2, 0.25) is 0 Å². The molecular formula is C38H47N9O7. The molecular weight excluding hydrogens is 694 g/mol. The van der Waals surface area contributed by atoms with E-state index in [9.17, 15) is 24.0 Å². The molecule has 1 aromatic heterocycles. The summed E-state index contributed by atoms with van der Waals surface area (Å²) in [6.07, 6.45) is -1.12. The predicted molar refractivity (Wildman–Crippen MR) is 205 cm³/mol. The zero-order valence-electron chi connectivity index (χ0n) is 31.2. The molecule has 0 aliphatic rings. The van der Waals surface area contributed by atoms with Gasteiger partial charge in [-0.25, -0.2) is 14.6 Å². The molecule has 0 aliphatic carbocycles. The van der Waals surface area contributed by atoms with Gasteiger partial charge < -0.3 is 36.9 Å². The summed E-state index contributed by atoms with van der Waals surface area (Å²) in [4.78, 5) is 83.5. The summed E-state index contributed by atoms with van der Waals surface area (Å²) in [6, 6.07) is 20.3. The average molecular weight is 742 g/mol. The molecule has 1 heterocycles. The van der Waals surface area contributed by atoms with Gasteiger partial charge in [0, 0.05) is 56.1 Å². The first-order valence-electron chi connectivity index (χ1n) is 17.4. The van der Waals surface area contributed by atoms with Crippen LogP contribution in [0.4, 0.5) is 26.8 Å². The van der Waals surface area contributed by atoms with Gasteiger partial charge in [0.05, 0.1) is 17.8 Å². The number of aromatic amines is 1. The maximum atomic E-state index is 13.3. The maximum absolute atomic E-state index is 13.3. The summed E-state index contributed by atoms with van der Waals surface area (Å²) in [5.41, 5.74) is 8.95. The number of anilines is 3. The van der Waals surface area contributed by atoms with Crippen molar-refractivity contribution in [3.8, 4) is 11.3 Å². The molecule has 0 unspecified atom stereocenters. The van der Waals surface area contributed by atoms with E-state index < -0.39 is 23.7 Å². The smallest absolute Gasteiger partial charge is 0.399 e. The van der Waals surface area contributed by atoms with Gasteiger partial charge in [0.15, 0.2) is 5.82 Å². The van der Waals surface area contributed by atoms with Crippen LogP contribution in [-0.2, 0) is 34.0 Å². The SMILES string of the molecule is CC[C@@H](C)NC(=O)c1cc(N)cc(-c2[nH]c(=O)c(NC(C)C)nc2CC(=O)NCc2ccc(N(OC(=O)NC)OC(=O)N(C)Cc3ccccc3)cc2)c1. The van der Waals surface area contributed by atoms with Gasteiger partial charge >= 0.3 is 12.2 Å². The lowest BCUT2D eigenvalue weighted by Gasteiger charge is -2.24.